The molecular formula is C15H18Cl2N2S. The second-order valence-electron chi connectivity index (χ2n) is 4.97. The van der Waals surface area contributed by atoms with Gasteiger partial charge in [0.15, 0.2) is 5.11 Å². The molecule has 1 aliphatic rings. The summed E-state index contributed by atoms with van der Waals surface area (Å²) in [7, 11) is 0. The van der Waals surface area contributed by atoms with Crippen LogP contribution in [0.4, 0.5) is 5.69 Å². The van der Waals surface area contributed by atoms with E-state index in [0.717, 1.165) is 12.2 Å². The number of thiocarbonyl (C=S) groups is 1. The Hall–Kier alpha value is -0.770. The molecule has 0 amide bonds. The Labute approximate surface area is 135 Å². The van der Waals surface area contributed by atoms with E-state index in [0.29, 0.717) is 21.2 Å². The van der Waals surface area contributed by atoms with Crippen LogP contribution in [0, 0.1) is 0 Å². The predicted octanol–water partition coefficient (Wildman–Crippen LogP) is 5.12. The molecule has 1 aromatic carbocycles. The smallest absolute Gasteiger partial charge is 0.173 e. The van der Waals surface area contributed by atoms with Crippen LogP contribution in [0.25, 0.3) is 0 Å². The fourth-order valence-electron chi connectivity index (χ4n) is 2.57. The third-order valence-electron chi connectivity index (χ3n) is 3.47. The van der Waals surface area contributed by atoms with Gasteiger partial charge >= 0.3 is 0 Å². The van der Waals surface area contributed by atoms with Crippen LogP contribution in [0.5, 0.6) is 0 Å². The molecular weight excluding hydrogens is 311 g/mol. The Morgan fingerprint density at radius 1 is 1.30 bits per heavy atom. The Morgan fingerprint density at radius 2 is 1.90 bits per heavy atom. The zero-order valence-electron chi connectivity index (χ0n) is 11.2. The number of hydrogen-bond donors (Lipinski definition) is 1. The van der Waals surface area contributed by atoms with Gasteiger partial charge in [0, 0.05) is 28.3 Å². The van der Waals surface area contributed by atoms with Gasteiger partial charge in [-0.2, -0.15) is 0 Å². The maximum Gasteiger partial charge on any atom is 0.173 e. The molecule has 1 fully saturated rings. The first-order chi connectivity index (χ1) is 9.60. The average Bonchev–Trinajstić information content (AvgIpc) is 2.87. The van der Waals surface area contributed by atoms with Crippen LogP contribution in [0.1, 0.15) is 25.7 Å². The fourth-order valence-corrected chi connectivity index (χ4v) is 3.44. The molecule has 0 heterocycles. The van der Waals surface area contributed by atoms with E-state index in [1.807, 2.05) is 18.2 Å². The Balaban J connectivity index is 2.09. The van der Waals surface area contributed by atoms with Crippen LogP contribution < -0.4 is 5.32 Å². The topological polar surface area (TPSA) is 15.3 Å². The average molecular weight is 329 g/mol. The number of hydrogen-bond acceptors (Lipinski definition) is 1. The quantitative estimate of drug-likeness (QED) is 0.610. The van der Waals surface area contributed by atoms with E-state index in [9.17, 15) is 0 Å². The summed E-state index contributed by atoms with van der Waals surface area (Å²) in [6.07, 6.45) is 6.79. The van der Waals surface area contributed by atoms with Gasteiger partial charge in [0.25, 0.3) is 0 Å². The number of rotatable bonds is 4. The van der Waals surface area contributed by atoms with Crippen molar-refractivity contribution in [3.05, 3.63) is 40.9 Å². The first-order valence-corrected chi connectivity index (χ1v) is 7.91. The van der Waals surface area contributed by atoms with Gasteiger partial charge in [-0.3, -0.25) is 0 Å². The molecule has 20 heavy (non-hydrogen) atoms. The third-order valence-corrected chi connectivity index (χ3v) is 4.24. The van der Waals surface area contributed by atoms with Crippen LogP contribution in [0.2, 0.25) is 10.0 Å². The Kier molecular flexibility index (Phi) is 5.70. The molecule has 0 radical (unpaired) electrons. The van der Waals surface area contributed by atoms with Crippen molar-refractivity contribution in [3.63, 3.8) is 0 Å². The van der Waals surface area contributed by atoms with E-state index >= 15 is 0 Å². The minimum absolute atomic E-state index is 0.502. The van der Waals surface area contributed by atoms with Crippen molar-refractivity contribution >= 4 is 46.2 Å². The van der Waals surface area contributed by atoms with Gasteiger partial charge in [-0.25, -0.2) is 0 Å². The first kappa shape index (κ1) is 15.6. The lowest BCUT2D eigenvalue weighted by atomic mass is 10.2. The summed E-state index contributed by atoms with van der Waals surface area (Å²) in [4.78, 5) is 2.20. The highest BCUT2D eigenvalue weighted by Crippen LogP contribution is 2.26. The first-order valence-electron chi connectivity index (χ1n) is 6.75. The van der Waals surface area contributed by atoms with E-state index in [1.165, 1.54) is 25.7 Å². The second kappa shape index (κ2) is 7.30. The molecule has 0 bridgehead atoms. The lowest BCUT2D eigenvalue weighted by molar-refractivity contribution is 0.347. The van der Waals surface area contributed by atoms with Gasteiger partial charge in [0.05, 0.1) is 0 Å². The molecule has 1 N–H and O–H groups in total. The number of benzene rings is 1. The minimum atomic E-state index is 0.502. The number of nitrogens with one attached hydrogen (secondary N) is 1. The molecule has 108 valence electrons. The highest BCUT2D eigenvalue weighted by Gasteiger charge is 2.23. The zero-order chi connectivity index (χ0) is 14.5. The fraction of sp³-hybridized carbons (Fsp3) is 0.400. The maximum atomic E-state index is 6.00. The van der Waals surface area contributed by atoms with Crippen LogP contribution in [-0.2, 0) is 0 Å². The van der Waals surface area contributed by atoms with Gasteiger partial charge in [-0.1, -0.05) is 42.1 Å². The second-order valence-corrected chi connectivity index (χ2v) is 6.23. The Morgan fingerprint density at radius 3 is 2.45 bits per heavy atom. The Bertz CT molecular complexity index is 478. The molecule has 2 rings (SSSR count). The molecule has 0 saturated heterocycles. The number of nitrogens with zero attached hydrogens (tertiary/aromatic N) is 1. The molecule has 0 unspecified atom stereocenters. The van der Waals surface area contributed by atoms with E-state index in [-0.39, 0.29) is 0 Å². The van der Waals surface area contributed by atoms with Gasteiger partial charge in [0.2, 0.25) is 0 Å². The van der Waals surface area contributed by atoms with Crippen molar-refractivity contribution in [2.45, 2.75) is 31.7 Å². The van der Waals surface area contributed by atoms with Gasteiger partial charge in [-0.05, 0) is 43.3 Å². The van der Waals surface area contributed by atoms with E-state index in [2.05, 4.69) is 16.8 Å². The van der Waals surface area contributed by atoms with E-state index in [4.69, 9.17) is 35.4 Å². The monoisotopic (exact) mass is 328 g/mol. The third kappa shape index (κ3) is 4.11. The lowest BCUT2D eigenvalue weighted by Crippen LogP contribution is -2.41. The standard InChI is InChI=1S/C15H18Cl2N2S/c1-2-7-19(14-5-3-4-6-14)15(20)18-13-9-11(16)8-12(17)10-13/h2,8-10,14H,1,3-7H2,(H,18,20). The molecule has 1 aromatic rings. The summed E-state index contributed by atoms with van der Waals surface area (Å²) in [6, 6.07) is 5.85. The molecule has 0 atom stereocenters. The summed E-state index contributed by atoms with van der Waals surface area (Å²) in [5, 5.41) is 5.12. The zero-order valence-corrected chi connectivity index (χ0v) is 13.6. The molecule has 1 aliphatic carbocycles. The van der Waals surface area contributed by atoms with E-state index < -0.39 is 0 Å². The molecule has 0 spiro atoms. The highest BCUT2D eigenvalue weighted by molar-refractivity contribution is 7.80. The molecule has 5 heteroatoms. The summed E-state index contributed by atoms with van der Waals surface area (Å²) >= 11 is 17.5. The highest BCUT2D eigenvalue weighted by atomic mass is 35.5. The van der Waals surface area contributed by atoms with Gasteiger partial charge < -0.3 is 10.2 Å². The summed E-state index contributed by atoms with van der Waals surface area (Å²) in [6.45, 7) is 4.57. The van der Waals surface area contributed by atoms with Crippen molar-refractivity contribution < 1.29 is 0 Å². The maximum absolute atomic E-state index is 6.00. The van der Waals surface area contributed by atoms with Crippen molar-refractivity contribution in [3.8, 4) is 0 Å². The molecule has 0 aliphatic heterocycles. The lowest BCUT2D eigenvalue weighted by Gasteiger charge is -2.30. The van der Waals surface area contributed by atoms with Gasteiger partial charge in [0.1, 0.15) is 0 Å². The normalized spacial score (nSPS) is 15.1. The molecule has 1 saturated carbocycles. The van der Waals surface area contributed by atoms with Crippen molar-refractivity contribution in [1.29, 1.82) is 0 Å². The molecule has 0 aromatic heterocycles. The SMILES string of the molecule is C=CCN(C(=S)Nc1cc(Cl)cc(Cl)c1)C1CCCC1. The summed E-state index contributed by atoms with van der Waals surface area (Å²) in [5.74, 6) is 0. The summed E-state index contributed by atoms with van der Waals surface area (Å²) in [5.41, 5.74) is 0.819. The largest absolute Gasteiger partial charge is 0.342 e. The van der Waals surface area contributed by atoms with Crippen LogP contribution >= 0.6 is 35.4 Å². The number of anilines is 1. The predicted molar refractivity (Wildman–Crippen MR) is 91.8 cm³/mol. The van der Waals surface area contributed by atoms with Crippen molar-refractivity contribution in [2.24, 2.45) is 0 Å². The van der Waals surface area contributed by atoms with Crippen LogP contribution in [0.15, 0.2) is 30.9 Å². The van der Waals surface area contributed by atoms with Crippen LogP contribution in [-0.4, -0.2) is 22.6 Å². The van der Waals surface area contributed by atoms with Crippen LogP contribution in [0.3, 0.4) is 0 Å². The van der Waals surface area contributed by atoms with Crippen molar-refractivity contribution in [1.82, 2.24) is 4.90 Å². The molecule has 2 nitrogen and oxygen atoms in total. The van der Waals surface area contributed by atoms with Crippen molar-refractivity contribution in [2.75, 3.05) is 11.9 Å². The minimum Gasteiger partial charge on any atom is -0.342 e. The number of halogens is 2. The van der Waals surface area contributed by atoms with E-state index in [1.54, 1.807) is 6.07 Å². The van der Waals surface area contributed by atoms with Gasteiger partial charge in [-0.15, -0.1) is 6.58 Å². The summed E-state index contributed by atoms with van der Waals surface area (Å²) < 4.78 is 0.